The molecule has 21 heavy (non-hydrogen) atoms. The van der Waals surface area contributed by atoms with E-state index in [0.717, 1.165) is 5.92 Å². The number of nitrogens with one attached hydrogen (secondary N) is 1. The third kappa shape index (κ3) is 3.88. The Labute approximate surface area is 130 Å². The summed E-state index contributed by atoms with van der Waals surface area (Å²) in [4.78, 5) is 0. The predicted molar refractivity (Wildman–Crippen MR) is 90.8 cm³/mol. The average molecular weight is 285 g/mol. The first-order valence-corrected chi connectivity index (χ1v) is 8.95. The Hall–Kier alpha value is -0.820. The van der Waals surface area contributed by atoms with Gasteiger partial charge >= 0.3 is 0 Å². The first-order valence-electron chi connectivity index (χ1n) is 8.95. The van der Waals surface area contributed by atoms with Crippen molar-refractivity contribution in [2.24, 2.45) is 5.41 Å². The fraction of sp³-hybridized carbons (Fsp3) is 0.700. The van der Waals surface area contributed by atoms with Crippen LogP contribution in [0.25, 0.3) is 0 Å². The third-order valence-electron chi connectivity index (χ3n) is 5.71. The van der Waals surface area contributed by atoms with E-state index >= 15 is 0 Å². The molecule has 0 spiro atoms. The number of piperidine rings is 1. The molecular weight excluding hydrogens is 254 g/mol. The first-order chi connectivity index (χ1) is 10.1. The van der Waals surface area contributed by atoms with Crippen molar-refractivity contribution in [3.63, 3.8) is 0 Å². The lowest BCUT2D eigenvalue weighted by molar-refractivity contribution is 0.224. The van der Waals surface area contributed by atoms with Crippen molar-refractivity contribution >= 4 is 0 Å². The second kappa shape index (κ2) is 6.52. The van der Waals surface area contributed by atoms with Crippen molar-refractivity contribution in [3.8, 4) is 0 Å². The van der Waals surface area contributed by atoms with Crippen molar-refractivity contribution in [2.45, 2.75) is 77.2 Å². The van der Waals surface area contributed by atoms with Gasteiger partial charge < -0.3 is 5.32 Å². The van der Waals surface area contributed by atoms with E-state index in [4.69, 9.17) is 0 Å². The van der Waals surface area contributed by atoms with Gasteiger partial charge in [-0.05, 0) is 74.0 Å². The molecule has 2 fully saturated rings. The van der Waals surface area contributed by atoms with Crippen LogP contribution >= 0.6 is 0 Å². The van der Waals surface area contributed by atoms with E-state index in [1.54, 1.807) is 11.1 Å². The number of hydrogen-bond donors (Lipinski definition) is 1. The molecule has 3 rings (SSSR count). The summed E-state index contributed by atoms with van der Waals surface area (Å²) in [5, 5.41) is 3.71. The summed E-state index contributed by atoms with van der Waals surface area (Å²) in [7, 11) is 0. The van der Waals surface area contributed by atoms with Crippen molar-refractivity contribution in [1.29, 1.82) is 0 Å². The Balaban J connectivity index is 1.70. The van der Waals surface area contributed by atoms with Crippen LogP contribution in [0, 0.1) is 5.41 Å². The van der Waals surface area contributed by atoms with Crippen LogP contribution in [-0.2, 0) is 6.42 Å². The maximum atomic E-state index is 3.71. The maximum absolute atomic E-state index is 3.71. The van der Waals surface area contributed by atoms with Crippen molar-refractivity contribution in [1.82, 2.24) is 5.32 Å². The lowest BCUT2D eigenvalue weighted by Crippen LogP contribution is -2.36. The van der Waals surface area contributed by atoms with E-state index in [-0.39, 0.29) is 0 Å². The molecule has 116 valence electrons. The van der Waals surface area contributed by atoms with Crippen LogP contribution < -0.4 is 5.32 Å². The highest BCUT2D eigenvalue weighted by Crippen LogP contribution is 2.43. The fourth-order valence-electron chi connectivity index (χ4n) is 4.19. The standard InChI is InChI=1S/C20H31N/c1-20(2)12-10-16(11-13-20)19-9-4-3-7-17(19)15-18-8-5-6-14-21-18/h3-4,7,9,16,18,21H,5-6,8,10-15H2,1-2H3. The van der Waals surface area contributed by atoms with Gasteiger partial charge in [0.15, 0.2) is 0 Å². The van der Waals surface area contributed by atoms with Gasteiger partial charge in [-0.3, -0.25) is 0 Å². The van der Waals surface area contributed by atoms with Gasteiger partial charge in [-0.15, -0.1) is 0 Å². The zero-order chi connectivity index (χ0) is 14.7. The Morgan fingerprint density at radius 3 is 2.52 bits per heavy atom. The van der Waals surface area contributed by atoms with E-state index < -0.39 is 0 Å². The van der Waals surface area contributed by atoms with Crippen LogP contribution in [0.4, 0.5) is 0 Å². The van der Waals surface area contributed by atoms with Crippen LogP contribution in [0.15, 0.2) is 24.3 Å². The molecule has 1 aromatic rings. The average Bonchev–Trinajstić information content (AvgIpc) is 2.49. The molecule has 0 amide bonds. The Morgan fingerprint density at radius 1 is 1.05 bits per heavy atom. The Morgan fingerprint density at radius 2 is 1.81 bits per heavy atom. The van der Waals surface area contributed by atoms with Gasteiger partial charge in [0.05, 0.1) is 0 Å². The van der Waals surface area contributed by atoms with Gasteiger partial charge in [0.1, 0.15) is 0 Å². The predicted octanol–water partition coefficient (Wildman–Crippen LogP) is 5.06. The Bertz CT molecular complexity index is 447. The van der Waals surface area contributed by atoms with E-state index in [1.165, 1.54) is 57.9 Å². The first kappa shape index (κ1) is 15.1. The molecule has 1 heteroatoms. The highest BCUT2D eigenvalue weighted by molar-refractivity contribution is 5.31. The van der Waals surface area contributed by atoms with Gasteiger partial charge in [-0.2, -0.15) is 0 Å². The molecular formula is C20H31N. The normalized spacial score (nSPS) is 26.7. The van der Waals surface area contributed by atoms with Crippen LogP contribution in [0.5, 0.6) is 0 Å². The third-order valence-corrected chi connectivity index (χ3v) is 5.71. The summed E-state index contributed by atoms with van der Waals surface area (Å²) in [6.07, 6.45) is 10.9. The summed E-state index contributed by atoms with van der Waals surface area (Å²) in [6.45, 7) is 6.08. The second-order valence-electron chi connectivity index (χ2n) is 7.99. The van der Waals surface area contributed by atoms with E-state index in [1.807, 2.05) is 0 Å². The molecule has 1 saturated carbocycles. The molecule has 1 N–H and O–H groups in total. The van der Waals surface area contributed by atoms with E-state index in [2.05, 4.69) is 43.4 Å². The highest BCUT2D eigenvalue weighted by Gasteiger charge is 2.28. The van der Waals surface area contributed by atoms with Gasteiger partial charge in [0, 0.05) is 6.04 Å². The SMILES string of the molecule is CC1(C)CCC(c2ccccc2CC2CCCCN2)CC1. The summed E-state index contributed by atoms with van der Waals surface area (Å²) in [5.41, 5.74) is 3.83. The molecule has 1 atom stereocenters. The van der Waals surface area contributed by atoms with Crippen molar-refractivity contribution < 1.29 is 0 Å². The van der Waals surface area contributed by atoms with Gasteiger partial charge in [-0.1, -0.05) is 44.5 Å². The minimum absolute atomic E-state index is 0.566. The molecule has 1 aliphatic carbocycles. The largest absolute Gasteiger partial charge is 0.314 e. The van der Waals surface area contributed by atoms with Crippen LogP contribution in [-0.4, -0.2) is 12.6 Å². The molecule has 1 saturated heterocycles. The molecule has 1 aromatic carbocycles. The maximum Gasteiger partial charge on any atom is 0.0108 e. The molecule has 0 aromatic heterocycles. The number of benzene rings is 1. The molecule has 1 nitrogen and oxygen atoms in total. The molecule has 1 aliphatic heterocycles. The quantitative estimate of drug-likeness (QED) is 0.819. The zero-order valence-corrected chi connectivity index (χ0v) is 13.8. The molecule has 2 aliphatic rings. The summed E-state index contributed by atoms with van der Waals surface area (Å²) in [5.74, 6) is 0.804. The second-order valence-corrected chi connectivity index (χ2v) is 7.99. The topological polar surface area (TPSA) is 12.0 Å². The van der Waals surface area contributed by atoms with E-state index in [0.29, 0.717) is 11.5 Å². The highest BCUT2D eigenvalue weighted by atomic mass is 14.9. The zero-order valence-electron chi connectivity index (χ0n) is 13.8. The fourth-order valence-corrected chi connectivity index (χ4v) is 4.19. The smallest absolute Gasteiger partial charge is 0.0108 e. The molecule has 1 heterocycles. The summed E-state index contributed by atoms with van der Waals surface area (Å²) in [6, 6.07) is 9.97. The summed E-state index contributed by atoms with van der Waals surface area (Å²) >= 11 is 0. The monoisotopic (exact) mass is 285 g/mol. The van der Waals surface area contributed by atoms with Gasteiger partial charge in [0.2, 0.25) is 0 Å². The molecule has 0 radical (unpaired) electrons. The van der Waals surface area contributed by atoms with Crippen LogP contribution in [0.2, 0.25) is 0 Å². The Kier molecular flexibility index (Phi) is 4.69. The molecule has 0 bridgehead atoms. The van der Waals surface area contributed by atoms with Gasteiger partial charge in [-0.25, -0.2) is 0 Å². The summed E-state index contributed by atoms with van der Waals surface area (Å²) < 4.78 is 0. The molecule has 1 unspecified atom stereocenters. The number of hydrogen-bond acceptors (Lipinski definition) is 1. The van der Waals surface area contributed by atoms with Crippen molar-refractivity contribution in [2.75, 3.05) is 6.54 Å². The number of rotatable bonds is 3. The minimum atomic E-state index is 0.566. The van der Waals surface area contributed by atoms with E-state index in [9.17, 15) is 0 Å². The lowest BCUT2D eigenvalue weighted by Gasteiger charge is -2.35. The van der Waals surface area contributed by atoms with Gasteiger partial charge in [0.25, 0.3) is 0 Å². The van der Waals surface area contributed by atoms with Crippen LogP contribution in [0.3, 0.4) is 0 Å². The van der Waals surface area contributed by atoms with Crippen LogP contribution in [0.1, 0.15) is 75.8 Å². The lowest BCUT2D eigenvalue weighted by atomic mass is 9.70. The minimum Gasteiger partial charge on any atom is -0.314 e. The van der Waals surface area contributed by atoms with Crippen molar-refractivity contribution in [3.05, 3.63) is 35.4 Å².